The van der Waals surface area contributed by atoms with Gasteiger partial charge in [0, 0.05) is 125 Å². The van der Waals surface area contributed by atoms with Crippen molar-refractivity contribution in [2.75, 3.05) is 0 Å². The van der Waals surface area contributed by atoms with E-state index in [1.54, 1.807) is 12.1 Å². The molecule has 0 aliphatic carbocycles. The second-order valence-corrected chi connectivity index (χ2v) is 9.48. The van der Waals surface area contributed by atoms with Crippen molar-refractivity contribution in [1.82, 2.24) is 19.9 Å². The van der Waals surface area contributed by atoms with Crippen LogP contribution in [-0.4, -0.2) is 49.5 Å². The van der Waals surface area contributed by atoms with Gasteiger partial charge in [-0.3, -0.25) is 9.97 Å². The van der Waals surface area contributed by atoms with Gasteiger partial charge in [0.2, 0.25) is 0 Å². The molecule has 0 N–H and O–H groups in total. The Morgan fingerprint density at radius 3 is 1.33 bits per heavy atom. The van der Waals surface area contributed by atoms with Crippen LogP contribution >= 0.6 is 0 Å². The molecule has 4 aromatic carbocycles. The molecule has 0 atom stereocenters. The van der Waals surface area contributed by atoms with Crippen molar-refractivity contribution in [1.29, 1.82) is 26.3 Å². The number of pyridine rings is 4. The van der Waals surface area contributed by atoms with Gasteiger partial charge in [0.1, 0.15) is 41.7 Å². The summed E-state index contributed by atoms with van der Waals surface area (Å²) >= 11 is 0. The summed E-state index contributed by atoms with van der Waals surface area (Å²) in [5.74, 6) is 0. The molecule has 9 nitrogen and oxygen atoms in total. The van der Waals surface area contributed by atoms with Gasteiger partial charge in [0.25, 0.3) is 0 Å². The number of benzene rings is 4. The molecule has 0 amide bonds. The molecule has 0 aliphatic rings. The monoisotopic (exact) mass is 556 g/mol. The summed E-state index contributed by atoms with van der Waals surface area (Å²) in [6.45, 7) is 0. The van der Waals surface area contributed by atoms with Gasteiger partial charge in [-0.2, -0.15) is 26.3 Å². The van der Waals surface area contributed by atoms with Crippen molar-refractivity contribution in [3.8, 4) is 30.3 Å². The summed E-state index contributed by atoms with van der Waals surface area (Å²) in [5, 5.41) is 57.6. The molecule has 8 rings (SSSR count). The number of aromatic nitrogens is 4. The summed E-state index contributed by atoms with van der Waals surface area (Å²) in [6.07, 6.45) is 9.16. The van der Waals surface area contributed by atoms with Gasteiger partial charge in [-0.1, -0.05) is 36.4 Å². The van der Waals surface area contributed by atoms with Crippen LogP contribution < -0.4 is 0 Å². The number of rotatable bonds is 0. The van der Waals surface area contributed by atoms with Crippen LogP contribution in [0.3, 0.4) is 0 Å². The molecule has 4 aromatic heterocycles. The Bertz CT molecular complexity index is 2520. The molecule has 10 heteroatoms. The van der Waals surface area contributed by atoms with Gasteiger partial charge in [-0.05, 0) is 0 Å². The first kappa shape index (κ1) is 27.2. The molecule has 4 heterocycles. The van der Waals surface area contributed by atoms with Gasteiger partial charge in [0.05, 0.1) is 11.1 Å². The Kier molecular flexibility index (Phi) is 6.60. The third-order valence-corrected chi connectivity index (χ3v) is 7.46. The molecule has 0 aliphatic heterocycles. The van der Waals surface area contributed by atoms with Crippen LogP contribution in [0.2, 0.25) is 0 Å². The third kappa shape index (κ3) is 3.85. The Labute approximate surface area is 265 Å². The second-order valence-electron chi connectivity index (χ2n) is 9.48. The molecule has 0 bridgehead atoms. The minimum atomic E-state index is -0.105. The molecule has 8 aromatic rings. The van der Waals surface area contributed by atoms with Crippen molar-refractivity contribution in [2.24, 2.45) is 0 Å². The van der Waals surface area contributed by atoms with Gasteiger partial charge >= 0.3 is 0 Å². The standard InChI is InChI=1S/C19H3N7.C14H8N2.Na/c20-3-11-12(4-21)18-15(7-24)26-13(5-22)10-2-1-9-8-25-14(6-23)17(11)16(9)19(10)18;1-2-10-6-16-8-12-4-3-11-7-15-5-9(1)13(11)14(10)12;/h1-2,8H;1-8H;. The molecule has 0 spiro atoms. The molecule has 0 unspecified atom stereocenters. The number of nitrogens with zero attached hydrogens (tertiary/aromatic N) is 9. The molecular formula is C33H11N9Na. The fourth-order valence-electron chi connectivity index (χ4n) is 5.76. The zero-order chi connectivity index (χ0) is 29.0. The van der Waals surface area contributed by atoms with Crippen LogP contribution in [0.1, 0.15) is 28.2 Å². The summed E-state index contributed by atoms with van der Waals surface area (Å²) < 4.78 is 0. The molecule has 43 heavy (non-hydrogen) atoms. The maximum absolute atomic E-state index is 9.67. The molecule has 0 fully saturated rings. The van der Waals surface area contributed by atoms with Crippen LogP contribution in [0.15, 0.2) is 67.4 Å². The van der Waals surface area contributed by atoms with E-state index in [0.29, 0.717) is 21.5 Å². The van der Waals surface area contributed by atoms with E-state index in [2.05, 4.69) is 44.2 Å². The average molecular weight is 557 g/mol. The Hall–Kier alpha value is -5.99. The first-order chi connectivity index (χ1) is 20.6. The summed E-state index contributed by atoms with van der Waals surface area (Å²) in [4.78, 5) is 16.6. The van der Waals surface area contributed by atoms with E-state index in [4.69, 9.17) is 0 Å². The predicted molar refractivity (Wildman–Crippen MR) is 161 cm³/mol. The zero-order valence-electron chi connectivity index (χ0n) is 22.4. The maximum atomic E-state index is 9.67. The third-order valence-electron chi connectivity index (χ3n) is 7.46. The van der Waals surface area contributed by atoms with Crippen molar-refractivity contribution < 1.29 is 0 Å². The summed E-state index contributed by atoms with van der Waals surface area (Å²) in [5.41, 5.74) is -0.123. The minimum absolute atomic E-state index is 0. The van der Waals surface area contributed by atoms with Crippen LogP contribution in [0.5, 0.6) is 0 Å². The van der Waals surface area contributed by atoms with E-state index in [9.17, 15) is 26.3 Å². The predicted octanol–water partition coefficient (Wildman–Crippen LogP) is 5.73. The van der Waals surface area contributed by atoms with E-state index in [-0.39, 0.29) is 68.5 Å². The van der Waals surface area contributed by atoms with Crippen molar-refractivity contribution in [2.45, 2.75) is 0 Å². The zero-order valence-corrected chi connectivity index (χ0v) is 24.4. The van der Waals surface area contributed by atoms with Gasteiger partial charge in [-0.25, -0.2) is 9.97 Å². The van der Waals surface area contributed by atoms with Gasteiger partial charge < -0.3 is 0 Å². The van der Waals surface area contributed by atoms with Crippen molar-refractivity contribution in [3.05, 3.63) is 95.6 Å². The van der Waals surface area contributed by atoms with Crippen molar-refractivity contribution in [3.63, 3.8) is 0 Å². The van der Waals surface area contributed by atoms with Crippen molar-refractivity contribution >= 4 is 94.2 Å². The van der Waals surface area contributed by atoms with Crippen LogP contribution in [0.25, 0.3) is 64.6 Å². The van der Waals surface area contributed by atoms with E-state index >= 15 is 0 Å². The smallest absolute Gasteiger partial charge is 0.151 e. The fraction of sp³-hybridized carbons (Fsp3) is 0. The van der Waals surface area contributed by atoms with Gasteiger partial charge in [0.15, 0.2) is 5.69 Å². The average Bonchev–Trinajstić information content (AvgIpc) is 3.05. The fourth-order valence-corrected chi connectivity index (χ4v) is 5.76. The topological polar surface area (TPSA) is 171 Å². The number of hydrogen-bond acceptors (Lipinski definition) is 9. The number of hydrogen-bond donors (Lipinski definition) is 0. The first-order valence-corrected chi connectivity index (χ1v) is 12.5. The molecular weight excluding hydrogens is 545 g/mol. The quantitative estimate of drug-likeness (QED) is 0.167. The van der Waals surface area contributed by atoms with Crippen LogP contribution in [0.4, 0.5) is 0 Å². The minimum Gasteiger partial charge on any atom is -0.263 e. The Balaban J connectivity index is 0.000000165. The first-order valence-electron chi connectivity index (χ1n) is 12.5. The molecule has 189 valence electrons. The second kappa shape index (κ2) is 10.4. The van der Waals surface area contributed by atoms with E-state index in [1.165, 1.54) is 38.5 Å². The Morgan fingerprint density at radius 1 is 0.419 bits per heavy atom. The number of nitriles is 5. The largest absolute Gasteiger partial charge is 0.263 e. The maximum Gasteiger partial charge on any atom is 0.151 e. The van der Waals surface area contributed by atoms with Crippen LogP contribution in [0, 0.1) is 56.7 Å². The molecule has 1 radical (unpaired) electrons. The summed E-state index contributed by atoms with van der Waals surface area (Å²) in [6, 6.07) is 21.6. The summed E-state index contributed by atoms with van der Waals surface area (Å²) in [7, 11) is 0. The van der Waals surface area contributed by atoms with E-state index < -0.39 is 0 Å². The van der Waals surface area contributed by atoms with Gasteiger partial charge in [-0.15, -0.1) is 0 Å². The van der Waals surface area contributed by atoms with E-state index in [1.807, 2.05) is 55.1 Å². The Morgan fingerprint density at radius 2 is 0.860 bits per heavy atom. The molecule has 0 saturated heterocycles. The normalized spacial score (nSPS) is 10.5. The SMILES string of the molecule is N#Cc1nc(C#N)c2c(C#N)c(C#N)c3c(C#N)ncc4ccc1c2c43.[Na].c1cc2cncc3ccc4cncc1c4c23. The van der Waals surface area contributed by atoms with E-state index in [0.717, 1.165) is 0 Å². The molecule has 0 saturated carbocycles. The van der Waals surface area contributed by atoms with Crippen LogP contribution in [-0.2, 0) is 0 Å².